The van der Waals surface area contributed by atoms with E-state index in [1.165, 1.54) is 6.42 Å². The molecular formula is C19H23N5. The molecule has 5 nitrogen and oxygen atoms in total. The molecule has 0 unspecified atom stereocenters. The van der Waals surface area contributed by atoms with Crippen LogP contribution in [0.15, 0.2) is 42.7 Å². The molecule has 1 saturated heterocycles. The topological polar surface area (TPSA) is 56.1 Å². The molecule has 0 bridgehead atoms. The Bertz CT molecular complexity index is 694. The highest BCUT2D eigenvalue weighted by Gasteiger charge is 2.21. The van der Waals surface area contributed by atoms with Gasteiger partial charge in [0.15, 0.2) is 0 Å². The van der Waals surface area contributed by atoms with Crippen molar-refractivity contribution in [3.63, 3.8) is 0 Å². The summed E-state index contributed by atoms with van der Waals surface area (Å²) in [6, 6.07) is 12.5. The zero-order valence-corrected chi connectivity index (χ0v) is 14.1. The van der Waals surface area contributed by atoms with Crippen molar-refractivity contribution in [2.75, 3.05) is 25.0 Å². The third-order valence-corrected chi connectivity index (χ3v) is 4.66. The number of nitriles is 1. The first-order valence-electron chi connectivity index (χ1n) is 8.47. The predicted octanol–water partition coefficient (Wildman–Crippen LogP) is 2.84. The Hall–Kier alpha value is -2.45. The number of hydrogen-bond donors (Lipinski definition) is 0. The van der Waals surface area contributed by atoms with Crippen LogP contribution in [0.4, 0.5) is 5.82 Å². The highest BCUT2D eigenvalue weighted by atomic mass is 15.2. The Balaban J connectivity index is 1.61. The van der Waals surface area contributed by atoms with Gasteiger partial charge in [0.25, 0.3) is 0 Å². The van der Waals surface area contributed by atoms with Crippen LogP contribution in [-0.4, -0.2) is 41.0 Å². The monoisotopic (exact) mass is 321 g/mol. The Morgan fingerprint density at radius 3 is 2.92 bits per heavy atom. The Morgan fingerprint density at radius 1 is 1.21 bits per heavy atom. The zero-order valence-electron chi connectivity index (χ0n) is 14.1. The number of rotatable bonds is 4. The van der Waals surface area contributed by atoms with E-state index >= 15 is 0 Å². The SMILES string of the molecule is CN(Cc1ccccn1)[C@H]1CCCN(c2cc(C#N)ccn2)CC1. The minimum atomic E-state index is 0.552. The maximum absolute atomic E-state index is 9.06. The lowest BCUT2D eigenvalue weighted by atomic mass is 10.1. The van der Waals surface area contributed by atoms with Crippen molar-refractivity contribution in [3.05, 3.63) is 54.0 Å². The van der Waals surface area contributed by atoms with Gasteiger partial charge in [-0.1, -0.05) is 6.07 Å². The molecule has 1 atom stereocenters. The summed E-state index contributed by atoms with van der Waals surface area (Å²) in [5, 5.41) is 9.06. The van der Waals surface area contributed by atoms with E-state index in [1.54, 1.807) is 12.3 Å². The maximum atomic E-state index is 9.06. The van der Waals surface area contributed by atoms with Crippen molar-refractivity contribution in [2.45, 2.75) is 31.8 Å². The first kappa shape index (κ1) is 16.4. The Morgan fingerprint density at radius 2 is 2.12 bits per heavy atom. The van der Waals surface area contributed by atoms with Crippen molar-refractivity contribution in [1.82, 2.24) is 14.9 Å². The van der Waals surface area contributed by atoms with Crippen LogP contribution in [0.25, 0.3) is 0 Å². The lowest BCUT2D eigenvalue weighted by molar-refractivity contribution is 0.215. The fourth-order valence-corrected chi connectivity index (χ4v) is 3.29. The second kappa shape index (κ2) is 7.89. The molecule has 0 radical (unpaired) electrons. The van der Waals surface area contributed by atoms with Gasteiger partial charge >= 0.3 is 0 Å². The molecule has 124 valence electrons. The molecule has 2 aromatic heterocycles. The summed E-state index contributed by atoms with van der Waals surface area (Å²) in [5.41, 5.74) is 1.79. The largest absolute Gasteiger partial charge is 0.357 e. The number of nitrogens with zero attached hydrogens (tertiary/aromatic N) is 5. The first-order valence-corrected chi connectivity index (χ1v) is 8.47. The molecule has 24 heavy (non-hydrogen) atoms. The van der Waals surface area contributed by atoms with Gasteiger partial charge in [-0.25, -0.2) is 4.98 Å². The molecule has 1 aliphatic rings. The summed E-state index contributed by atoms with van der Waals surface area (Å²) in [5.74, 6) is 0.919. The van der Waals surface area contributed by atoms with Gasteiger partial charge in [0.2, 0.25) is 0 Å². The molecule has 0 aromatic carbocycles. The molecular weight excluding hydrogens is 298 g/mol. The highest BCUT2D eigenvalue weighted by Crippen LogP contribution is 2.21. The second-order valence-electron chi connectivity index (χ2n) is 6.32. The molecule has 1 fully saturated rings. The summed E-state index contributed by atoms with van der Waals surface area (Å²) in [6.07, 6.45) is 6.99. The quantitative estimate of drug-likeness (QED) is 0.867. The average molecular weight is 321 g/mol. The highest BCUT2D eigenvalue weighted by molar-refractivity contribution is 5.45. The third kappa shape index (κ3) is 4.09. The standard InChI is InChI=1S/C19H23N5/c1-23(15-17-5-2-3-9-21-17)18-6-4-11-24(12-8-18)19-13-16(14-20)7-10-22-19/h2-3,5,7,9-10,13,18H,4,6,8,11-12,15H2,1H3/t18-/m0/s1. The molecule has 3 rings (SSSR count). The third-order valence-electron chi connectivity index (χ3n) is 4.66. The Kier molecular flexibility index (Phi) is 5.39. The van der Waals surface area contributed by atoms with E-state index in [4.69, 9.17) is 5.26 Å². The summed E-state index contributed by atoms with van der Waals surface area (Å²) in [4.78, 5) is 13.6. The van der Waals surface area contributed by atoms with Gasteiger partial charge in [0.1, 0.15) is 5.82 Å². The van der Waals surface area contributed by atoms with Gasteiger partial charge in [0.05, 0.1) is 17.3 Å². The van der Waals surface area contributed by atoms with Crippen LogP contribution >= 0.6 is 0 Å². The number of pyridine rings is 2. The minimum Gasteiger partial charge on any atom is -0.357 e. The minimum absolute atomic E-state index is 0.552. The van der Waals surface area contributed by atoms with E-state index in [0.29, 0.717) is 11.6 Å². The molecule has 2 aromatic rings. The van der Waals surface area contributed by atoms with Crippen LogP contribution in [-0.2, 0) is 6.54 Å². The van der Waals surface area contributed by atoms with Gasteiger partial charge in [-0.3, -0.25) is 9.88 Å². The maximum Gasteiger partial charge on any atom is 0.129 e. The predicted molar refractivity (Wildman–Crippen MR) is 94.5 cm³/mol. The Labute approximate surface area is 143 Å². The van der Waals surface area contributed by atoms with Crippen LogP contribution in [0.5, 0.6) is 0 Å². The van der Waals surface area contributed by atoms with Gasteiger partial charge in [-0.05, 0) is 50.6 Å². The van der Waals surface area contributed by atoms with Crippen LogP contribution in [0.1, 0.15) is 30.5 Å². The summed E-state index contributed by atoms with van der Waals surface area (Å²) < 4.78 is 0. The van der Waals surface area contributed by atoms with Crippen molar-refractivity contribution in [3.8, 4) is 6.07 Å². The summed E-state index contributed by atoms with van der Waals surface area (Å²) in [6.45, 7) is 2.85. The number of hydrogen-bond acceptors (Lipinski definition) is 5. The molecule has 0 aliphatic carbocycles. The lowest BCUT2D eigenvalue weighted by Gasteiger charge is -2.27. The van der Waals surface area contributed by atoms with Gasteiger partial charge in [-0.15, -0.1) is 0 Å². The number of anilines is 1. The van der Waals surface area contributed by atoms with Crippen LogP contribution in [0.2, 0.25) is 0 Å². The zero-order chi connectivity index (χ0) is 16.8. The normalized spacial score (nSPS) is 18.2. The molecule has 0 N–H and O–H groups in total. The molecule has 0 saturated carbocycles. The average Bonchev–Trinajstić information content (AvgIpc) is 2.89. The van der Waals surface area contributed by atoms with E-state index in [0.717, 1.165) is 44.0 Å². The van der Waals surface area contributed by atoms with Crippen molar-refractivity contribution >= 4 is 5.82 Å². The van der Waals surface area contributed by atoms with E-state index in [-0.39, 0.29) is 0 Å². The van der Waals surface area contributed by atoms with Gasteiger partial charge < -0.3 is 4.90 Å². The molecule has 0 amide bonds. The number of aromatic nitrogens is 2. The van der Waals surface area contributed by atoms with Crippen molar-refractivity contribution in [1.29, 1.82) is 5.26 Å². The fourth-order valence-electron chi connectivity index (χ4n) is 3.29. The van der Waals surface area contributed by atoms with Gasteiger partial charge in [-0.2, -0.15) is 5.26 Å². The van der Waals surface area contributed by atoms with E-state index in [2.05, 4.69) is 39.0 Å². The molecule has 0 spiro atoms. The van der Waals surface area contributed by atoms with Crippen molar-refractivity contribution < 1.29 is 0 Å². The molecule has 5 heteroatoms. The lowest BCUT2D eigenvalue weighted by Crippen LogP contribution is -2.33. The smallest absolute Gasteiger partial charge is 0.129 e. The van der Waals surface area contributed by atoms with E-state index in [9.17, 15) is 0 Å². The fraction of sp³-hybridized carbons (Fsp3) is 0.421. The second-order valence-corrected chi connectivity index (χ2v) is 6.32. The van der Waals surface area contributed by atoms with E-state index < -0.39 is 0 Å². The summed E-state index contributed by atoms with van der Waals surface area (Å²) in [7, 11) is 2.18. The van der Waals surface area contributed by atoms with Crippen LogP contribution in [0, 0.1) is 11.3 Å². The van der Waals surface area contributed by atoms with Gasteiger partial charge in [0, 0.05) is 38.1 Å². The van der Waals surface area contributed by atoms with Crippen LogP contribution in [0.3, 0.4) is 0 Å². The molecule has 3 heterocycles. The summed E-state index contributed by atoms with van der Waals surface area (Å²) >= 11 is 0. The van der Waals surface area contributed by atoms with Crippen molar-refractivity contribution in [2.24, 2.45) is 0 Å². The van der Waals surface area contributed by atoms with Crippen LogP contribution < -0.4 is 4.90 Å². The van der Waals surface area contributed by atoms with E-state index in [1.807, 2.05) is 24.4 Å². The molecule has 1 aliphatic heterocycles. The first-order chi connectivity index (χ1) is 11.8.